The number of carbonyl (C=O) groups excluding carboxylic acids is 1. The van der Waals surface area contributed by atoms with E-state index in [0.29, 0.717) is 71.2 Å². The first-order valence-corrected chi connectivity index (χ1v) is 12.3. The third-order valence-electron chi connectivity index (χ3n) is 6.87. The van der Waals surface area contributed by atoms with Crippen molar-refractivity contribution in [3.05, 3.63) is 72.9 Å². The van der Waals surface area contributed by atoms with Crippen molar-refractivity contribution < 1.29 is 18.7 Å². The number of esters is 1. The van der Waals surface area contributed by atoms with Gasteiger partial charge in [0.2, 0.25) is 0 Å². The summed E-state index contributed by atoms with van der Waals surface area (Å²) in [4.78, 5) is 40.9. The quantitative estimate of drug-likeness (QED) is 0.494. The van der Waals surface area contributed by atoms with Gasteiger partial charge in [-0.1, -0.05) is 11.6 Å². The minimum absolute atomic E-state index is 0.00349. The number of fused-ring (bicyclic) bond motifs is 2. The summed E-state index contributed by atoms with van der Waals surface area (Å²) in [5, 5.41) is 0.906. The van der Waals surface area contributed by atoms with Gasteiger partial charge in [0.1, 0.15) is 16.9 Å². The van der Waals surface area contributed by atoms with Crippen LogP contribution in [0.2, 0.25) is 5.02 Å². The summed E-state index contributed by atoms with van der Waals surface area (Å²) in [5.74, 6) is -0.206. The smallest absolute Gasteiger partial charge is 0.343 e. The molecule has 3 heterocycles. The first kappa shape index (κ1) is 23.6. The lowest BCUT2D eigenvalue weighted by molar-refractivity contribution is 0.0590. The highest BCUT2D eigenvalue weighted by molar-refractivity contribution is 6.31. The van der Waals surface area contributed by atoms with Crippen LogP contribution in [-0.4, -0.2) is 41.7 Å². The maximum Gasteiger partial charge on any atom is 0.343 e. The van der Waals surface area contributed by atoms with Gasteiger partial charge in [0.05, 0.1) is 24.9 Å². The Morgan fingerprint density at radius 2 is 1.94 bits per heavy atom. The normalized spacial score (nSPS) is 16.7. The van der Waals surface area contributed by atoms with Gasteiger partial charge < -0.3 is 18.5 Å². The Morgan fingerprint density at radius 1 is 1.14 bits per heavy atom. The lowest BCUT2D eigenvalue weighted by atomic mass is 10.1. The van der Waals surface area contributed by atoms with E-state index in [1.54, 1.807) is 22.8 Å². The zero-order chi connectivity index (χ0) is 24.5. The van der Waals surface area contributed by atoms with Gasteiger partial charge >= 0.3 is 5.97 Å². The number of ether oxygens (including phenoxy) is 2. The van der Waals surface area contributed by atoms with Crippen molar-refractivity contribution in [1.29, 1.82) is 0 Å². The van der Waals surface area contributed by atoms with Gasteiger partial charge in [-0.2, -0.15) is 0 Å². The number of pyridine rings is 1. The molecule has 184 valence electrons. The molecule has 1 fully saturated rings. The molecule has 9 heteroatoms. The summed E-state index contributed by atoms with van der Waals surface area (Å²) in [6.45, 7) is 1.81. The molecule has 0 radical (unpaired) electrons. The van der Waals surface area contributed by atoms with Crippen LogP contribution in [0, 0.1) is 0 Å². The Kier molecular flexibility index (Phi) is 6.67. The van der Waals surface area contributed by atoms with Crippen molar-refractivity contribution >= 4 is 28.5 Å². The number of nitrogens with zero attached hydrogens (tertiary/aromatic N) is 2. The van der Waals surface area contributed by atoms with Crippen LogP contribution in [0.5, 0.6) is 5.75 Å². The first-order chi connectivity index (χ1) is 16.9. The summed E-state index contributed by atoms with van der Waals surface area (Å²) in [6.07, 6.45) is 5.89. The molecular weight excluding hydrogens is 472 g/mol. The SMILES string of the molecule is COC(=O)c1c(OC2CCCC2)cc(=O)n2c1CCN(Cc1coc3ccc(Cl)cc3c1=O)CC2. The lowest BCUT2D eigenvalue weighted by Crippen LogP contribution is -2.30. The van der Waals surface area contributed by atoms with Crippen LogP contribution in [0.1, 0.15) is 47.3 Å². The Bertz CT molecular complexity index is 1390. The molecule has 1 aliphatic carbocycles. The van der Waals surface area contributed by atoms with Crippen molar-refractivity contribution in [2.45, 2.75) is 51.3 Å². The highest BCUT2D eigenvalue weighted by Gasteiger charge is 2.28. The molecule has 0 N–H and O–H groups in total. The van der Waals surface area contributed by atoms with Gasteiger partial charge in [0.15, 0.2) is 5.43 Å². The van der Waals surface area contributed by atoms with Crippen molar-refractivity contribution in [1.82, 2.24) is 9.47 Å². The molecule has 5 rings (SSSR count). The molecule has 1 saturated carbocycles. The monoisotopic (exact) mass is 498 g/mol. The molecule has 1 aromatic carbocycles. The largest absolute Gasteiger partial charge is 0.489 e. The van der Waals surface area contributed by atoms with E-state index in [1.165, 1.54) is 19.4 Å². The number of carbonyl (C=O) groups is 1. The van der Waals surface area contributed by atoms with Gasteiger partial charge in [-0.3, -0.25) is 14.5 Å². The molecule has 1 aliphatic heterocycles. The standard InChI is InChI=1S/C26H27ClN2O6/c1-33-26(32)24-20-8-9-28(14-16-15-34-21-7-6-17(27)12-19(21)25(16)31)10-11-29(20)23(30)13-22(24)35-18-4-2-3-5-18/h6-7,12-13,15,18H,2-5,8-11,14H2,1H3. The van der Waals surface area contributed by atoms with E-state index >= 15 is 0 Å². The second-order valence-electron chi connectivity index (χ2n) is 9.09. The molecule has 0 unspecified atom stereocenters. The Morgan fingerprint density at radius 3 is 2.71 bits per heavy atom. The molecule has 0 bridgehead atoms. The predicted molar refractivity (Wildman–Crippen MR) is 131 cm³/mol. The summed E-state index contributed by atoms with van der Waals surface area (Å²) in [5.41, 5.74) is 1.59. The highest BCUT2D eigenvalue weighted by atomic mass is 35.5. The average molecular weight is 499 g/mol. The number of halogens is 1. The van der Waals surface area contributed by atoms with E-state index in [4.69, 9.17) is 25.5 Å². The zero-order valence-corrected chi connectivity index (χ0v) is 20.3. The Balaban J connectivity index is 1.43. The van der Waals surface area contributed by atoms with Crippen LogP contribution in [0.4, 0.5) is 0 Å². The van der Waals surface area contributed by atoms with E-state index in [2.05, 4.69) is 4.90 Å². The molecule has 0 saturated heterocycles. The number of methoxy groups -OCH3 is 1. The Labute approximate surface area is 207 Å². The van der Waals surface area contributed by atoms with E-state index < -0.39 is 5.97 Å². The Hall–Kier alpha value is -3.10. The van der Waals surface area contributed by atoms with Crippen LogP contribution < -0.4 is 15.7 Å². The minimum Gasteiger partial charge on any atom is -0.489 e. The molecule has 35 heavy (non-hydrogen) atoms. The van der Waals surface area contributed by atoms with Crippen molar-refractivity contribution in [2.24, 2.45) is 0 Å². The summed E-state index contributed by atoms with van der Waals surface area (Å²) >= 11 is 6.07. The summed E-state index contributed by atoms with van der Waals surface area (Å²) < 4.78 is 18.5. The molecule has 8 nitrogen and oxygen atoms in total. The third-order valence-corrected chi connectivity index (χ3v) is 7.11. The van der Waals surface area contributed by atoms with Gasteiger partial charge in [-0.25, -0.2) is 4.79 Å². The second kappa shape index (κ2) is 9.87. The van der Waals surface area contributed by atoms with Crippen LogP contribution in [0.15, 0.2) is 44.5 Å². The van der Waals surface area contributed by atoms with Crippen LogP contribution in [0.3, 0.4) is 0 Å². The maximum atomic E-state index is 13.0. The third kappa shape index (κ3) is 4.73. The van der Waals surface area contributed by atoms with E-state index in [1.807, 2.05) is 0 Å². The van der Waals surface area contributed by atoms with Crippen LogP contribution >= 0.6 is 11.6 Å². The van der Waals surface area contributed by atoms with E-state index in [9.17, 15) is 14.4 Å². The number of rotatable bonds is 5. The number of benzene rings is 1. The van der Waals surface area contributed by atoms with Crippen LogP contribution in [0.25, 0.3) is 11.0 Å². The van der Waals surface area contributed by atoms with Gasteiger partial charge in [0.25, 0.3) is 5.56 Å². The molecule has 3 aromatic rings. The summed E-state index contributed by atoms with van der Waals surface area (Å²) in [6, 6.07) is 6.38. The predicted octanol–water partition coefficient (Wildman–Crippen LogP) is 3.77. The van der Waals surface area contributed by atoms with Crippen LogP contribution in [-0.2, 0) is 24.2 Å². The molecule has 2 aromatic heterocycles. The molecule has 0 amide bonds. The molecular formula is C26H27ClN2O6. The maximum absolute atomic E-state index is 13.0. The van der Waals surface area contributed by atoms with Crippen molar-refractivity contribution in [2.75, 3.05) is 20.2 Å². The number of hydrogen-bond acceptors (Lipinski definition) is 7. The van der Waals surface area contributed by atoms with E-state index in [0.717, 1.165) is 25.7 Å². The number of hydrogen-bond donors (Lipinski definition) is 0. The van der Waals surface area contributed by atoms with Gasteiger partial charge in [0, 0.05) is 54.9 Å². The van der Waals surface area contributed by atoms with E-state index in [-0.39, 0.29) is 17.1 Å². The fourth-order valence-electron chi connectivity index (χ4n) is 5.05. The van der Waals surface area contributed by atoms with Crippen molar-refractivity contribution in [3.8, 4) is 5.75 Å². The first-order valence-electron chi connectivity index (χ1n) is 11.9. The molecule has 0 spiro atoms. The highest BCUT2D eigenvalue weighted by Crippen LogP contribution is 2.29. The van der Waals surface area contributed by atoms with Crippen molar-refractivity contribution in [3.63, 3.8) is 0 Å². The second-order valence-corrected chi connectivity index (χ2v) is 9.53. The number of aromatic nitrogens is 1. The summed E-state index contributed by atoms with van der Waals surface area (Å²) in [7, 11) is 1.33. The lowest BCUT2D eigenvalue weighted by Gasteiger charge is -2.20. The fourth-order valence-corrected chi connectivity index (χ4v) is 5.22. The minimum atomic E-state index is -0.512. The van der Waals surface area contributed by atoms with Gasteiger partial charge in [-0.05, 0) is 43.9 Å². The van der Waals surface area contributed by atoms with Gasteiger partial charge in [-0.15, -0.1) is 0 Å². The fraction of sp³-hybridized carbons (Fsp3) is 0.423. The molecule has 0 atom stereocenters. The average Bonchev–Trinajstić information content (AvgIpc) is 3.27. The topological polar surface area (TPSA) is 91.0 Å². The molecule has 2 aliphatic rings. The zero-order valence-electron chi connectivity index (χ0n) is 19.5.